The van der Waals surface area contributed by atoms with Crippen LogP contribution in [-0.2, 0) is 5.60 Å². The smallest absolute Gasteiger partial charge is 0.124 e. The molecule has 3 N–H and O–H groups in total. The summed E-state index contributed by atoms with van der Waals surface area (Å²) in [6, 6.07) is 15.4. The molecule has 3 nitrogen and oxygen atoms in total. The van der Waals surface area contributed by atoms with Gasteiger partial charge in [0, 0.05) is 11.6 Å². The molecule has 0 saturated carbocycles. The van der Waals surface area contributed by atoms with Crippen molar-refractivity contribution in [3.05, 3.63) is 65.2 Å². The Morgan fingerprint density at radius 1 is 1.19 bits per heavy atom. The van der Waals surface area contributed by atoms with Gasteiger partial charge in [0.1, 0.15) is 18.0 Å². The SMILES string of the molecule is Cc1ccc([C@@H](C)N)c(OCC(C)(O)c2ccccc2)c1. The number of hydrogen-bond donors (Lipinski definition) is 2. The molecule has 1 unspecified atom stereocenters. The van der Waals surface area contributed by atoms with Crippen molar-refractivity contribution in [1.82, 2.24) is 0 Å². The maximum absolute atomic E-state index is 10.6. The van der Waals surface area contributed by atoms with Crippen molar-refractivity contribution in [2.75, 3.05) is 6.61 Å². The number of benzene rings is 2. The summed E-state index contributed by atoms with van der Waals surface area (Å²) in [5, 5.41) is 10.6. The summed E-state index contributed by atoms with van der Waals surface area (Å²) in [4.78, 5) is 0. The minimum absolute atomic E-state index is 0.109. The van der Waals surface area contributed by atoms with E-state index in [4.69, 9.17) is 10.5 Å². The van der Waals surface area contributed by atoms with Crippen LogP contribution in [0.4, 0.5) is 0 Å². The van der Waals surface area contributed by atoms with Crippen molar-refractivity contribution in [3.8, 4) is 5.75 Å². The average molecular weight is 285 g/mol. The van der Waals surface area contributed by atoms with Crippen molar-refractivity contribution in [3.63, 3.8) is 0 Å². The van der Waals surface area contributed by atoms with Gasteiger partial charge in [-0.15, -0.1) is 0 Å². The molecule has 2 atom stereocenters. The molecule has 112 valence electrons. The second-order valence-corrected chi connectivity index (χ2v) is 5.76. The van der Waals surface area contributed by atoms with E-state index in [9.17, 15) is 5.11 Å². The number of aliphatic hydroxyl groups is 1. The topological polar surface area (TPSA) is 55.5 Å². The van der Waals surface area contributed by atoms with Crippen LogP contribution in [0.25, 0.3) is 0 Å². The summed E-state index contributed by atoms with van der Waals surface area (Å²) in [5.74, 6) is 0.737. The van der Waals surface area contributed by atoms with Crippen molar-refractivity contribution in [2.45, 2.75) is 32.4 Å². The maximum Gasteiger partial charge on any atom is 0.124 e. The molecule has 0 saturated heterocycles. The first-order valence-electron chi connectivity index (χ1n) is 7.17. The molecule has 3 heteroatoms. The molecule has 21 heavy (non-hydrogen) atoms. The van der Waals surface area contributed by atoms with Crippen molar-refractivity contribution in [2.24, 2.45) is 5.73 Å². The molecule has 0 amide bonds. The van der Waals surface area contributed by atoms with E-state index in [2.05, 4.69) is 0 Å². The highest BCUT2D eigenvalue weighted by atomic mass is 16.5. The molecular weight excluding hydrogens is 262 g/mol. The lowest BCUT2D eigenvalue weighted by atomic mass is 9.97. The first kappa shape index (κ1) is 15.5. The Morgan fingerprint density at radius 3 is 2.48 bits per heavy atom. The molecule has 0 aliphatic carbocycles. The highest BCUT2D eigenvalue weighted by Gasteiger charge is 2.24. The van der Waals surface area contributed by atoms with Gasteiger partial charge >= 0.3 is 0 Å². The van der Waals surface area contributed by atoms with Gasteiger partial charge in [-0.25, -0.2) is 0 Å². The zero-order valence-corrected chi connectivity index (χ0v) is 12.8. The largest absolute Gasteiger partial charge is 0.490 e. The van der Waals surface area contributed by atoms with Gasteiger partial charge in [0.2, 0.25) is 0 Å². The highest BCUT2D eigenvalue weighted by molar-refractivity contribution is 5.39. The number of aryl methyl sites for hydroxylation is 1. The van der Waals surface area contributed by atoms with E-state index in [-0.39, 0.29) is 12.6 Å². The van der Waals surface area contributed by atoms with Gasteiger partial charge in [-0.2, -0.15) is 0 Å². The average Bonchev–Trinajstić information content (AvgIpc) is 2.46. The summed E-state index contributed by atoms with van der Waals surface area (Å²) < 4.78 is 5.87. The predicted octanol–water partition coefficient (Wildman–Crippen LogP) is 3.30. The third-order valence-electron chi connectivity index (χ3n) is 3.56. The van der Waals surface area contributed by atoms with Gasteiger partial charge in [0.05, 0.1) is 0 Å². The van der Waals surface area contributed by atoms with Crippen LogP contribution in [-0.4, -0.2) is 11.7 Å². The predicted molar refractivity (Wildman–Crippen MR) is 85.3 cm³/mol. The molecule has 0 aromatic heterocycles. The summed E-state index contributed by atoms with van der Waals surface area (Å²) in [7, 11) is 0. The molecular formula is C18H23NO2. The molecule has 0 spiro atoms. The molecule has 0 aliphatic rings. The normalized spacial score (nSPS) is 15.3. The fourth-order valence-corrected chi connectivity index (χ4v) is 2.24. The van der Waals surface area contributed by atoms with Crippen LogP contribution in [0, 0.1) is 6.92 Å². The third kappa shape index (κ3) is 3.84. The second kappa shape index (κ2) is 6.29. The van der Waals surface area contributed by atoms with E-state index < -0.39 is 5.60 Å². The van der Waals surface area contributed by atoms with Crippen molar-refractivity contribution >= 4 is 0 Å². The summed E-state index contributed by atoms with van der Waals surface area (Å²) in [6.45, 7) is 5.86. The second-order valence-electron chi connectivity index (χ2n) is 5.76. The van der Waals surface area contributed by atoms with Crippen LogP contribution in [0.15, 0.2) is 48.5 Å². The quantitative estimate of drug-likeness (QED) is 0.886. The Kier molecular flexibility index (Phi) is 4.66. The molecule has 2 aromatic rings. The van der Waals surface area contributed by atoms with Gasteiger partial charge in [0.25, 0.3) is 0 Å². The minimum atomic E-state index is -1.04. The zero-order chi connectivity index (χ0) is 15.5. The Balaban J connectivity index is 2.18. The lowest BCUT2D eigenvalue weighted by Gasteiger charge is -2.25. The lowest BCUT2D eigenvalue weighted by molar-refractivity contribution is 0.00720. The Morgan fingerprint density at radius 2 is 1.86 bits per heavy atom. The van der Waals surface area contributed by atoms with Crippen LogP contribution in [0.1, 0.15) is 36.6 Å². The van der Waals surface area contributed by atoms with E-state index in [0.717, 1.165) is 22.4 Å². The van der Waals surface area contributed by atoms with Gasteiger partial charge in [-0.3, -0.25) is 0 Å². The van der Waals surface area contributed by atoms with E-state index in [1.807, 2.05) is 62.4 Å². The number of hydrogen-bond acceptors (Lipinski definition) is 3. The summed E-state index contributed by atoms with van der Waals surface area (Å²) in [5.41, 5.74) is 7.82. The van der Waals surface area contributed by atoms with Crippen molar-refractivity contribution < 1.29 is 9.84 Å². The first-order chi connectivity index (χ1) is 9.90. The van der Waals surface area contributed by atoms with Crippen LogP contribution in [0.5, 0.6) is 5.75 Å². The molecule has 0 radical (unpaired) electrons. The van der Waals surface area contributed by atoms with Gasteiger partial charge in [-0.1, -0.05) is 42.5 Å². The monoisotopic (exact) mass is 285 g/mol. The van der Waals surface area contributed by atoms with Gasteiger partial charge in [-0.05, 0) is 38.0 Å². The summed E-state index contributed by atoms with van der Waals surface area (Å²) >= 11 is 0. The van der Waals surface area contributed by atoms with Crippen LogP contribution in [0.2, 0.25) is 0 Å². The fraction of sp³-hybridized carbons (Fsp3) is 0.333. The number of rotatable bonds is 5. The molecule has 0 heterocycles. The third-order valence-corrected chi connectivity index (χ3v) is 3.56. The van der Waals surface area contributed by atoms with Crippen LogP contribution < -0.4 is 10.5 Å². The van der Waals surface area contributed by atoms with Gasteiger partial charge < -0.3 is 15.6 Å². The molecule has 0 fully saturated rings. The molecule has 2 aromatic carbocycles. The van der Waals surface area contributed by atoms with E-state index in [1.165, 1.54) is 0 Å². The van der Waals surface area contributed by atoms with E-state index in [0.29, 0.717) is 0 Å². The lowest BCUT2D eigenvalue weighted by Crippen LogP contribution is -2.29. The van der Waals surface area contributed by atoms with Crippen LogP contribution >= 0.6 is 0 Å². The Labute approximate surface area is 126 Å². The highest BCUT2D eigenvalue weighted by Crippen LogP contribution is 2.28. The van der Waals surface area contributed by atoms with Crippen LogP contribution in [0.3, 0.4) is 0 Å². The fourth-order valence-electron chi connectivity index (χ4n) is 2.24. The number of ether oxygens (including phenoxy) is 1. The summed E-state index contributed by atoms with van der Waals surface area (Å²) in [6.07, 6.45) is 0. The molecule has 0 aliphatic heterocycles. The zero-order valence-electron chi connectivity index (χ0n) is 12.8. The first-order valence-corrected chi connectivity index (χ1v) is 7.17. The Hall–Kier alpha value is -1.84. The number of nitrogens with two attached hydrogens (primary N) is 1. The standard InChI is InChI=1S/C18H23NO2/c1-13-9-10-16(14(2)19)17(11-13)21-12-18(3,20)15-7-5-4-6-8-15/h4-11,14,20H,12,19H2,1-3H3/t14-,18?/m1/s1. The van der Waals surface area contributed by atoms with E-state index >= 15 is 0 Å². The van der Waals surface area contributed by atoms with Crippen molar-refractivity contribution in [1.29, 1.82) is 0 Å². The maximum atomic E-state index is 10.6. The molecule has 0 bridgehead atoms. The van der Waals surface area contributed by atoms with E-state index in [1.54, 1.807) is 6.92 Å². The minimum Gasteiger partial charge on any atom is -0.490 e. The van der Waals surface area contributed by atoms with Gasteiger partial charge in [0.15, 0.2) is 0 Å². The Bertz CT molecular complexity index is 591. The molecule has 2 rings (SSSR count).